The number of ether oxygens (including phenoxy) is 1. The second-order valence-electron chi connectivity index (χ2n) is 16.6. The minimum atomic E-state index is -3.93. The lowest BCUT2D eigenvalue weighted by atomic mass is 9.50. The van der Waals surface area contributed by atoms with Gasteiger partial charge >= 0.3 is 0 Å². The summed E-state index contributed by atoms with van der Waals surface area (Å²) in [7, 11) is -1.77. The van der Waals surface area contributed by atoms with E-state index in [9.17, 15) is 18.3 Å². The van der Waals surface area contributed by atoms with Gasteiger partial charge in [0.2, 0.25) is 10.0 Å². The zero-order valence-electron chi connectivity index (χ0n) is 29.6. The van der Waals surface area contributed by atoms with Gasteiger partial charge in [-0.15, -0.1) is 0 Å². The Labute approximate surface area is 298 Å². The number of carbonyl (C=O) groups is 1. The van der Waals surface area contributed by atoms with E-state index in [1.54, 1.807) is 13.0 Å². The Morgan fingerprint density at radius 1 is 0.980 bits per heavy atom. The number of piperidine rings is 1. The summed E-state index contributed by atoms with van der Waals surface area (Å²) >= 11 is 6.48. The third-order valence-corrected chi connectivity index (χ3v) is 15.6. The molecule has 268 valence electrons. The van der Waals surface area contributed by atoms with Gasteiger partial charge in [0.25, 0.3) is 5.91 Å². The van der Waals surface area contributed by atoms with Crippen molar-refractivity contribution in [2.75, 3.05) is 44.7 Å². The lowest BCUT2D eigenvalue weighted by Crippen LogP contribution is -2.61. The molecule has 6 atom stereocenters. The smallest absolute Gasteiger partial charge is 0.264 e. The molecule has 1 saturated carbocycles. The number of hydrogen-bond acceptors (Lipinski definition) is 7. The number of nitrogens with one attached hydrogen (secondary N) is 1. The molecule has 2 aliphatic carbocycles. The van der Waals surface area contributed by atoms with E-state index in [4.69, 9.17) is 16.3 Å². The van der Waals surface area contributed by atoms with Crippen LogP contribution < -0.4 is 14.4 Å². The first-order valence-corrected chi connectivity index (χ1v) is 20.4. The Bertz CT molecular complexity index is 1700. The van der Waals surface area contributed by atoms with E-state index >= 15 is 0 Å². The first-order chi connectivity index (χ1) is 23.2. The molecular weight excluding hydrogens is 658 g/mol. The SMILES string of the molecule is C[C@@H]1[C@@H](C)CCC[C@@](O)(C2CCN(C)CC2)[C@@H]2CC[C@]2(C)CN2C[C@@]3(CCCc4cc(Cl)ccc43)COc3ccc(cc32)C(=O)NS1(=O)=O. The Balaban J connectivity index is 1.33. The van der Waals surface area contributed by atoms with Crippen molar-refractivity contribution < 1.29 is 23.1 Å². The average Bonchev–Trinajstić information content (AvgIpc) is 3.20. The highest BCUT2D eigenvalue weighted by molar-refractivity contribution is 7.90. The minimum Gasteiger partial charge on any atom is -0.490 e. The monoisotopic (exact) mass is 711 g/mol. The van der Waals surface area contributed by atoms with Crippen LogP contribution in [-0.4, -0.2) is 75.0 Å². The van der Waals surface area contributed by atoms with E-state index < -0.39 is 26.8 Å². The van der Waals surface area contributed by atoms with Crippen LogP contribution in [0.3, 0.4) is 0 Å². The van der Waals surface area contributed by atoms with Crippen LogP contribution in [0.4, 0.5) is 5.69 Å². The Morgan fingerprint density at radius 3 is 2.49 bits per heavy atom. The van der Waals surface area contributed by atoms with Gasteiger partial charge in [-0.2, -0.15) is 0 Å². The molecule has 0 aromatic heterocycles. The molecule has 1 saturated heterocycles. The largest absolute Gasteiger partial charge is 0.490 e. The van der Waals surface area contributed by atoms with E-state index in [0.29, 0.717) is 43.9 Å². The van der Waals surface area contributed by atoms with Gasteiger partial charge in [-0.05, 0) is 149 Å². The van der Waals surface area contributed by atoms with Gasteiger partial charge in [0.05, 0.1) is 23.1 Å². The number of fused-ring (bicyclic) bond motifs is 4. The first-order valence-electron chi connectivity index (χ1n) is 18.5. The number of nitrogens with zero attached hydrogens (tertiary/aromatic N) is 2. The summed E-state index contributed by atoms with van der Waals surface area (Å²) in [5, 5.41) is 13.0. The number of carbonyl (C=O) groups excluding carboxylic acids is 1. The van der Waals surface area contributed by atoms with Crippen LogP contribution in [0.25, 0.3) is 0 Å². The summed E-state index contributed by atoms with van der Waals surface area (Å²) in [6.07, 6.45) is 8.98. The number of likely N-dealkylation sites (tertiary alicyclic amines) is 1. The molecule has 0 unspecified atom stereocenters. The summed E-state index contributed by atoms with van der Waals surface area (Å²) in [5.41, 5.74) is 2.37. The highest BCUT2D eigenvalue weighted by Gasteiger charge is 2.57. The van der Waals surface area contributed by atoms with Crippen LogP contribution in [0.15, 0.2) is 36.4 Å². The highest BCUT2D eigenvalue weighted by Crippen LogP contribution is 2.58. The zero-order chi connectivity index (χ0) is 34.8. The molecule has 10 heteroatoms. The molecule has 0 radical (unpaired) electrons. The standard InChI is InChI=1S/C39H54ClN3O5S/c1-26-7-5-17-39(45,30-14-19-42(4)20-15-30)35-13-18-37(35,3)23-43-24-38(16-6-8-28-21-31(40)10-11-32(28)38)25-48-34-12-9-29(22-33(34)43)36(44)41-49(46,47)27(26)2/h9-12,21-22,26-27,30,35,45H,5-8,13-20,23-25H2,1-4H3,(H,41,44)/t26-,27+,35+,37+,38-,39+/m0/s1. The maximum Gasteiger partial charge on any atom is 0.264 e. The normalized spacial score (nSPS) is 35.7. The molecule has 1 amide bonds. The predicted octanol–water partition coefficient (Wildman–Crippen LogP) is 6.57. The second kappa shape index (κ2) is 13.0. The summed E-state index contributed by atoms with van der Waals surface area (Å²) in [6, 6.07) is 11.6. The van der Waals surface area contributed by atoms with E-state index in [2.05, 4.69) is 40.6 Å². The van der Waals surface area contributed by atoms with Crippen LogP contribution in [0.2, 0.25) is 5.02 Å². The second-order valence-corrected chi connectivity index (χ2v) is 19.1. The van der Waals surface area contributed by atoms with Crippen LogP contribution >= 0.6 is 11.6 Å². The van der Waals surface area contributed by atoms with Crippen molar-refractivity contribution in [1.82, 2.24) is 9.62 Å². The fourth-order valence-corrected chi connectivity index (χ4v) is 11.7. The third-order valence-electron chi connectivity index (χ3n) is 13.5. The molecular formula is C39H54ClN3O5S. The van der Waals surface area contributed by atoms with E-state index in [1.807, 2.05) is 25.1 Å². The maximum atomic E-state index is 13.6. The van der Waals surface area contributed by atoms with Crippen LogP contribution in [-0.2, 0) is 21.9 Å². The van der Waals surface area contributed by atoms with Crippen molar-refractivity contribution in [1.29, 1.82) is 0 Å². The summed E-state index contributed by atoms with van der Waals surface area (Å²) in [4.78, 5) is 18.4. The zero-order valence-corrected chi connectivity index (χ0v) is 31.2. The fraction of sp³-hybridized carbons (Fsp3) is 0.667. The molecule has 3 heterocycles. The molecule has 1 spiro atoms. The van der Waals surface area contributed by atoms with Gasteiger partial charge < -0.3 is 19.6 Å². The molecule has 8 nitrogen and oxygen atoms in total. The Morgan fingerprint density at radius 2 is 1.76 bits per heavy atom. The summed E-state index contributed by atoms with van der Waals surface area (Å²) < 4.78 is 36.1. The first kappa shape index (κ1) is 35.1. The highest BCUT2D eigenvalue weighted by atomic mass is 35.5. The summed E-state index contributed by atoms with van der Waals surface area (Å²) in [6.45, 7) is 9.87. The lowest BCUT2D eigenvalue weighted by Gasteiger charge is -2.59. The molecule has 2 aromatic carbocycles. The van der Waals surface area contributed by atoms with Gasteiger partial charge in [0, 0.05) is 29.1 Å². The molecule has 3 aliphatic heterocycles. The number of anilines is 1. The molecule has 2 aromatic rings. The summed E-state index contributed by atoms with van der Waals surface area (Å²) in [5.74, 6) is 0.231. The number of aryl methyl sites for hydroxylation is 1. The molecule has 7 rings (SSSR count). The maximum absolute atomic E-state index is 13.6. The van der Waals surface area contributed by atoms with E-state index in [1.165, 1.54) is 11.1 Å². The number of rotatable bonds is 1. The fourth-order valence-electron chi connectivity index (χ4n) is 10.2. The third kappa shape index (κ3) is 6.40. The average molecular weight is 712 g/mol. The lowest BCUT2D eigenvalue weighted by molar-refractivity contribution is -0.168. The molecule has 49 heavy (non-hydrogen) atoms. The van der Waals surface area contributed by atoms with E-state index in [0.717, 1.165) is 75.2 Å². The molecule has 2 fully saturated rings. The van der Waals surface area contributed by atoms with Gasteiger partial charge in [0.15, 0.2) is 0 Å². The number of hydrogen-bond donors (Lipinski definition) is 2. The number of benzene rings is 2. The van der Waals surface area contributed by atoms with Crippen LogP contribution in [0.5, 0.6) is 5.75 Å². The van der Waals surface area contributed by atoms with Crippen molar-refractivity contribution in [3.63, 3.8) is 0 Å². The van der Waals surface area contributed by atoms with Gasteiger partial charge in [0.1, 0.15) is 5.75 Å². The van der Waals surface area contributed by atoms with Crippen molar-refractivity contribution >= 4 is 33.2 Å². The van der Waals surface area contributed by atoms with Crippen LogP contribution in [0.1, 0.15) is 100 Å². The quantitative estimate of drug-likeness (QED) is 0.345. The van der Waals surface area contributed by atoms with Gasteiger partial charge in [-0.3, -0.25) is 4.79 Å². The molecule has 5 aliphatic rings. The van der Waals surface area contributed by atoms with Crippen molar-refractivity contribution in [3.05, 3.63) is 58.1 Å². The Hall–Kier alpha value is -2.33. The number of amides is 1. The van der Waals surface area contributed by atoms with Gasteiger partial charge in [-0.25, -0.2) is 13.1 Å². The predicted molar refractivity (Wildman–Crippen MR) is 195 cm³/mol. The Kier molecular flexibility index (Phi) is 9.32. The van der Waals surface area contributed by atoms with Crippen molar-refractivity contribution in [2.45, 2.75) is 101 Å². The van der Waals surface area contributed by atoms with Crippen molar-refractivity contribution in [2.24, 2.45) is 23.2 Å². The van der Waals surface area contributed by atoms with Crippen LogP contribution in [0, 0.1) is 23.2 Å². The molecule has 2 N–H and O–H groups in total. The molecule has 2 bridgehead atoms. The van der Waals surface area contributed by atoms with Crippen molar-refractivity contribution in [3.8, 4) is 5.75 Å². The minimum absolute atomic E-state index is 0.116. The number of aliphatic hydroxyl groups is 1. The topological polar surface area (TPSA) is 99.2 Å². The van der Waals surface area contributed by atoms with Gasteiger partial charge in [-0.1, -0.05) is 37.9 Å². The number of sulfonamides is 1. The van der Waals surface area contributed by atoms with E-state index in [-0.39, 0.29) is 28.6 Å². The number of halogens is 1.